The van der Waals surface area contributed by atoms with Crippen LogP contribution in [0.4, 0.5) is 4.79 Å². The largest absolute Gasteiger partial charge is 0.511 e. The van der Waals surface area contributed by atoms with Crippen molar-refractivity contribution in [2.24, 2.45) is 11.7 Å². The van der Waals surface area contributed by atoms with E-state index in [1.54, 1.807) is 0 Å². The zero-order valence-electron chi connectivity index (χ0n) is 6.79. The van der Waals surface area contributed by atoms with Gasteiger partial charge in [0.25, 0.3) is 0 Å². The first kappa shape index (κ1) is 9.81. The van der Waals surface area contributed by atoms with Crippen molar-refractivity contribution in [2.45, 2.75) is 20.3 Å². The number of hydrogen-bond donors (Lipinski definition) is 3. The quantitative estimate of drug-likeness (QED) is 0.538. The topological polar surface area (TPSA) is 75.3 Å². The second-order valence-corrected chi connectivity index (χ2v) is 2.74. The first-order chi connectivity index (χ1) is 5.02. The predicted octanol–water partition coefficient (Wildman–Crippen LogP) is 1.10. The smallest absolute Gasteiger partial charge is 0.316 e. The summed E-state index contributed by atoms with van der Waals surface area (Å²) in [6, 6.07) is -0.666. The zero-order valence-corrected chi connectivity index (χ0v) is 6.79. The molecule has 0 saturated heterocycles. The summed E-state index contributed by atoms with van der Waals surface area (Å²) in [5.41, 5.74) is 4.77. The van der Waals surface area contributed by atoms with E-state index in [2.05, 4.69) is 5.32 Å². The summed E-state index contributed by atoms with van der Waals surface area (Å²) >= 11 is 0. The number of aliphatic hydroxyl groups excluding tert-OH is 1. The van der Waals surface area contributed by atoms with E-state index in [1.807, 2.05) is 13.8 Å². The lowest BCUT2D eigenvalue weighted by Gasteiger charge is -2.02. The molecule has 0 fully saturated rings. The second kappa shape index (κ2) is 4.60. The van der Waals surface area contributed by atoms with Gasteiger partial charge in [-0.3, -0.25) is 0 Å². The molecule has 0 aliphatic heterocycles. The lowest BCUT2D eigenvalue weighted by molar-refractivity contribution is 0.251. The molecule has 4 heteroatoms. The van der Waals surface area contributed by atoms with Gasteiger partial charge < -0.3 is 16.2 Å². The Bertz CT molecular complexity index is 164. The van der Waals surface area contributed by atoms with Crippen LogP contribution in [0.1, 0.15) is 20.3 Å². The predicted molar refractivity (Wildman–Crippen MR) is 42.9 cm³/mol. The number of carbonyl (C=O) groups excluding carboxylic acids is 1. The van der Waals surface area contributed by atoms with Crippen LogP contribution in [0.15, 0.2) is 12.0 Å². The first-order valence-corrected chi connectivity index (χ1v) is 3.46. The van der Waals surface area contributed by atoms with E-state index < -0.39 is 6.03 Å². The molecule has 4 nitrogen and oxygen atoms in total. The number of nitrogens with two attached hydrogens (primary N) is 1. The highest BCUT2D eigenvalue weighted by Gasteiger charge is 1.97. The first-order valence-electron chi connectivity index (χ1n) is 3.46. The Kier molecular flexibility index (Phi) is 4.10. The molecule has 0 radical (unpaired) electrons. The molecular formula is C7H14N2O2. The Hall–Kier alpha value is -1.19. The van der Waals surface area contributed by atoms with Crippen molar-refractivity contribution in [3.63, 3.8) is 0 Å². The molecule has 0 aromatic rings. The maximum absolute atomic E-state index is 10.1. The van der Waals surface area contributed by atoms with Crippen molar-refractivity contribution in [3.8, 4) is 0 Å². The van der Waals surface area contributed by atoms with Crippen molar-refractivity contribution in [2.75, 3.05) is 0 Å². The summed E-state index contributed by atoms with van der Waals surface area (Å²) < 4.78 is 0. The van der Waals surface area contributed by atoms with Gasteiger partial charge in [-0.1, -0.05) is 13.8 Å². The van der Waals surface area contributed by atoms with E-state index in [1.165, 1.54) is 6.20 Å². The number of allylic oxidation sites excluding steroid dienone is 1. The molecule has 0 spiro atoms. The molecule has 0 unspecified atom stereocenters. The Labute approximate surface area is 66.1 Å². The molecular weight excluding hydrogens is 144 g/mol. The molecule has 0 aliphatic carbocycles. The standard InChI is InChI=1S/C7H14N2O2/c1-5(2)3-6(10)4-9-7(8)11/h4-5,10H,3H2,1-2H3,(H3,8,9,11). The maximum Gasteiger partial charge on any atom is 0.316 e. The fourth-order valence-electron chi connectivity index (χ4n) is 0.632. The van der Waals surface area contributed by atoms with Gasteiger partial charge in [-0.05, 0) is 5.92 Å². The summed E-state index contributed by atoms with van der Waals surface area (Å²) in [5.74, 6) is 0.500. The van der Waals surface area contributed by atoms with Gasteiger partial charge in [-0.2, -0.15) is 0 Å². The molecule has 0 rings (SSSR count). The van der Waals surface area contributed by atoms with E-state index in [4.69, 9.17) is 10.8 Å². The van der Waals surface area contributed by atoms with E-state index in [9.17, 15) is 4.79 Å². The minimum absolute atomic E-state index is 0.138. The van der Waals surface area contributed by atoms with Gasteiger partial charge in [0, 0.05) is 12.6 Å². The molecule has 64 valence electrons. The summed E-state index contributed by atoms with van der Waals surface area (Å²) in [6.07, 6.45) is 1.75. The Balaban J connectivity index is 3.72. The van der Waals surface area contributed by atoms with Gasteiger partial charge in [0.05, 0.1) is 0 Å². The van der Waals surface area contributed by atoms with E-state index >= 15 is 0 Å². The number of primary amides is 1. The second-order valence-electron chi connectivity index (χ2n) is 2.74. The number of hydrogen-bond acceptors (Lipinski definition) is 2. The van der Waals surface area contributed by atoms with Gasteiger partial charge in [0.1, 0.15) is 5.76 Å². The van der Waals surface area contributed by atoms with E-state index in [0.717, 1.165) is 0 Å². The van der Waals surface area contributed by atoms with Crippen molar-refractivity contribution in [3.05, 3.63) is 12.0 Å². The lowest BCUT2D eigenvalue weighted by Crippen LogP contribution is -2.24. The molecule has 2 amide bonds. The summed E-state index contributed by atoms with van der Waals surface area (Å²) in [5, 5.41) is 11.2. The minimum Gasteiger partial charge on any atom is -0.511 e. The Morgan fingerprint density at radius 1 is 1.73 bits per heavy atom. The summed E-state index contributed by atoms with van der Waals surface area (Å²) in [4.78, 5) is 10.1. The van der Waals surface area contributed by atoms with Crippen LogP contribution >= 0.6 is 0 Å². The summed E-state index contributed by atoms with van der Waals surface area (Å²) in [6.45, 7) is 3.93. The highest BCUT2D eigenvalue weighted by Crippen LogP contribution is 2.05. The lowest BCUT2D eigenvalue weighted by atomic mass is 10.1. The number of urea groups is 1. The average Bonchev–Trinajstić information content (AvgIpc) is 1.82. The number of aliphatic hydroxyl groups is 1. The molecule has 0 aromatic heterocycles. The third-order valence-electron chi connectivity index (χ3n) is 0.998. The van der Waals surface area contributed by atoms with E-state index in [-0.39, 0.29) is 5.76 Å². The number of amides is 2. The third-order valence-corrected chi connectivity index (χ3v) is 0.998. The van der Waals surface area contributed by atoms with Crippen LogP contribution < -0.4 is 11.1 Å². The summed E-state index contributed by atoms with van der Waals surface area (Å²) in [7, 11) is 0. The highest BCUT2D eigenvalue weighted by molar-refractivity contribution is 5.72. The number of carbonyl (C=O) groups is 1. The molecule has 0 atom stereocenters. The Morgan fingerprint density at radius 3 is 2.64 bits per heavy atom. The zero-order chi connectivity index (χ0) is 8.85. The van der Waals surface area contributed by atoms with Gasteiger partial charge in [0.15, 0.2) is 0 Å². The monoisotopic (exact) mass is 158 g/mol. The molecule has 0 aliphatic rings. The van der Waals surface area contributed by atoms with Crippen LogP contribution in [-0.4, -0.2) is 11.1 Å². The maximum atomic E-state index is 10.1. The third kappa shape index (κ3) is 6.70. The van der Waals surface area contributed by atoms with Crippen molar-refractivity contribution in [1.29, 1.82) is 0 Å². The fourth-order valence-corrected chi connectivity index (χ4v) is 0.632. The van der Waals surface area contributed by atoms with Crippen LogP contribution in [0.3, 0.4) is 0 Å². The molecule has 4 N–H and O–H groups in total. The van der Waals surface area contributed by atoms with Crippen LogP contribution in [0.25, 0.3) is 0 Å². The van der Waals surface area contributed by atoms with Gasteiger partial charge in [-0.15, -0.1) is 0 Å². The minimum atomic E-state index is -0.666. The highest BCUT2D eigenvalue weighted by atomic mass is 16.3. The van der Waals surface area contributed by atoms with Crippen molar-refractivity contribution >= 4 is 6.03 Å². The normalized spacial score (nSPS) is 11.7. The van der Waals surface area contributed by atoms with Crippen molar-refractivity contribution in [1.82, 2.24) is 5.32 Å². The molecule has 0 bridgehead atoms. The van der Waals surface area contributed by atoms with Crippen LogP contribution in [-0.2, 0) is 0 Å². The van der Waals surface area contributed by atoms with Crippen LogP contribution in [0.5, 0.6) is 0 Å². The SMILES string of the molecule is CC(C)CC(O)=CNC(N)=O. The molecule has 0 heterocycles. The van der Waals surface area contributed by atoms with Gasteiger partial charge in [-0.25, -0.2) is 4.79 Å². The van der Waals surface area contributed by atoms with Gasteiger partial charge >= 0.3 is 6.03 Å². The average molecular weight is 158 g/mol. The van der Waals surface area contributed by atoms with Gasteiger partial charge in [0.2, 0.25) is 0 Å². The van der Waals surface area contributed by atoms with E-state index in [0.29, 0.717) is 12.3 Å². The number of nitrogens with one attached hydrogen (secondary N) is 1. The molecule has 0 aromatic carbocycles. The van der Waals surface area contributed by atoms with Crippen LogP contribution in [0, 0.1) is 5.92 Å². The molecule has 11 heavy (non-hydrogen) atoms. The van der Waals surface area contributed by atoms with Crippen LogP contribution in [0.2, 0.25) is 0 Å². The Morgan fingerprint density at radius 2 is 2.27 bits per heavy atom. The number of rotatable bonds is 3. The fraction of sp³-hybridized carbons (Fsp3) is 0.571. The molecule has 0 saturated carbocycles. The van der Waals surface area contributed by atoms with Crippen molar-refractivity contribution < 1.29 is 9.90 Å².